The van der Waals surface area contributed by atoms with Crippen LogP contribution in [0.25, 0.3) is 0 Å². The van der Waals surface area contributed by atoms with Crippen molar-refractivity contribution in [1.82, 2.24) is 5.32 Å². The molecule has 0 saturated heterocycles. The van der Waals surface area contributed by atoms with Crippen molar-refractivity contribution in [2.75, 3.05) is 12.3 Å². The number of alkyl carbamates (subject to hydrolysis) is 1. The number of benzene rings is 1. The molecule has 4 N–H and O–H groups in total. The normalized spacial score (nSPS) is 12.3. The number of aliphatic carboxylic acids is 1. The number of carboxylic acid groups (broad SMARTS) is 1. The van der Waals surface area contributed by atoms with E-state index in [-0.39, 0.29) is 6.42 Å². The van der Waals surface area contributed by atoms with Gasteiger partial charge in [0.15, 0.2) is 0 Å². The molecule has 1 aromatic rings. The summed E-state index contributed by atoms with van der Waals surface area (Å²) in [4.78, 5) is 23.1. The summed E-state index contributed by atoms with van der Waals surface area (Å²) in [6, 6.07) is 3.92. The van der Waals surface area contributed by atoms with E-state index in [9.17, 15) is 14.7 Å². The minimum atomic E-state index is -1.15. The van der Waals surface area contributed by atoms with Crippen LogP contribution in [-0.2, 0) is 16.0 Å². The van der Waals surface area contributed by atoms with Gasteiger partial charge >= 0.3 is 12.1 Å². The molecular weight excluding hydrogens is 300 g/mol. The van der Waals surface area contributed by atoms with Crippen molar-refractivity contribution in [3.8, 4) is 5.75 Å². The Hall–Kier alpha value is -2.44. The van der Waals surface area contributed by atoms with Gasteiger partial charge in [-0.2, -0.15) is 0 Å². The summed E-state index contributed by atoms with van der Waals surface area (Å²) < 4.78 is 10.4. The van der Waals surface area contributed by atoms with E-state index < -0.39 is 23.7 Å². The number of carbonyl (C=O) groups is 2. The number of ether oxygens (including phenoxy) is 2. The molecule has 7 heteroatoms. The van der Waals surface area contributed by atoms with Crippen molar-refractivity contribution < 1.29 is 24.2 Å². The number of hydrogen-bond acceptors (Lipinski definition) is 5. The highest BCUT2D eigenvalue weighted by atomic mass is 16.6. The quantitative estimate of drug-likeness (QED) is 0.692. The molecule has 1 atom stereocenters. The van der Waals surface area contributed by atoms with Gasteiger partial charge in [0.1, 0.15) is 17.4 Å². The average molecular weight is 324 g/mol. The number of nitrogens with two attached hydrogens (primary N) is 1. The van der Waals surface area contributed by atoms with Gasteiger partial charge in [0.25, 0.3) is 0 Å². The Kier molecular flexibility index (Phi) is 6.24. The number of hydrogen-bond donors (Lipinski definition) is 3. The van der Waals surface area contributed by atoms with Crippen LogP contribution in [0.2, 0.25) is 0 Å². The Balaban J connectivity index is 2.78. The summed E-state index contributed by atoms with van der Waals surface area (Å²) in [5.41, 5.74) is 6.26. The third-order valence-corrected chi connectivity index (χ3v) is 2.80. The lowest BCUT2D eigenvalue weighted by atomic mass is 10.1. The van der Waals surface area contributed by atoms with Crippen LogP contribution < -0.4 is 15.8 Å². The average Bonchev–Trinajstić information content (AvgIpc) is 2.39. The molecule has 1 rings (SSSR count). The number of carbonyl (C=O) groups excluding carboxylic acids is 1. The molecule has 0 aliphatic rings. The molecule has 0 radical (unpaired) electrons. The van der Waals surface area contributed by atoms with Crippen molar-refractivity contribution in [3.05, 3.63) is 23.8 Å². The van der Waals surface area contributed by atoms with Crippen molar-refractivity contribution in [2.45, 2.75) is 45.8 Å². The van der Waals surface area contributed by atoms with Crippen molar-refractivity contribution in [1.29, 1.82) is 0 Å². The highest BCUT2D eigenvalue weighted by Crippen LogP contribution is 2.23. The number of anilines is 1. The van der Waals surface area contributed by atoms with E-state index in [1.165, 1.54) is 0 Å². The Bertz CT molecular complexity index is 566. The lowest BCUT2D eigenvalue weighted by Gasteiger charge is -2.22. The predicted molar refractivity (Wildman–Crippen MR) is 86.5 cm³/mol. The molecule has 0 aliphatic carbocycles. The summed E-state index contributed by atoms with van der Waals surface area (Å²) in [5, 5.41) is 11.6. The number of rotatable bonds is 6. The van der Waals surface area contributed by atoms with Crippen LogP contribution in [0.5, 0.6) is 5.75 Å². The zero-order chi connectivity index (χ0) is 17.6. The smallest absolute Gasteiger partial charge is 0.408 e. The lowest BCUT2D eigenvalue weighted by Crippen LogP contribution is -2.44. The van der Waals surface area contributed by atoms with Gasteiger partial charge in [-0.3, -0.25) is 0 Å². The van der Waals surface area contributed by atoms with Gasteiger partial charge in [-0.1, -0.05) is 6.07 Å². The highest BCUT2D eigenvalue weighted by Gasteiger charge is 2.24. The van der Waals surface area contributed by atoms with Gasteiger partial charge in [-0.25, -0.2) is 9.59 Å². The molecule has 0 heterocycles. The van der Waals surface area contributed by atoms with Gasteiger partial charge in [-0.15, -0.1) is 0 Å². The largest absolute Gasteiger partial charge is 0.492 e. The zero-order valence-corrected chi connectivity index (χ0v) is 13.9. The molecule has 0 unspecified atom stereocenters. The van der Waals surface area contributed by atoms with E-state index in [1.807, 2.05) is 6.92 Å². The third-order valence-electron chi connectivity index (χ3n) is 2.80. The number of carboxylic acids is 1. The number of amides is 1. The van der Waals surface area contributed by atoms with E-state index in [4.69, 9.17) is 15.2 Å². The van der Waals surface area contributed by atoms with E-state index >= 15 is 0 Å². The second kappa shape index (κ2) is 7.71. The number of nitrogen functional groups attached to an aromatic ring is 1. The molecule has 1 amide bonds. The van der Waals surface area contributed by atoms with Gasteiger partial charge in [0.2, 0.25) is 0 Å². The molecule has 0 fully saturated rings. The second-order valence-electron chi connectivity index (χ2n) is 6.05. The first-order valence-corrected chi connectivity index (χ1v) is 7.36. The van der Waals surface area contributed by atoms with Gasteiger partial charge in [0, 0.05) is 6.42 Å². The monoisotopic (exact) mass is 324 g/mol. The summed E-state index contributed by atoms with van der Waals surface area (Å²) >= 11 is 0. The molecule has 0 bridgehead atoms. The van der Waals surface area contributed by atoms with Crippen LogP contribution in [0.4, 0.5) is 10.5 Å². The Morgan fingerprint density at radius 1 is 1.35 bits per heavy atom. The minimum absolute atomic E-state index is 0.0885. The standard InChI is InChI=1S/C16H24N2O5/c1-5-22-13-7-6-10(8-11(13)17)9-12(14(19)20)18-15(21)23-16(2,3)4/h6-8,12H,5,9,17H2,1-4H3,(H,18,21)(H,19,20)/t12-/m0/s1. The maximum atomic E-state index is 11.7. The number of nitrogens with one attached hydrogen (secondary N) is 1. The summed E-state index contributed by atoms with van der Waals surface area (Å²) in [5.74, 6) is -0.605. The van der Waals surface area contributed by atoms with Gasteiger partial charge < -0.3 is 25.6 Å². The summed E-state index contributed by atoms with van der Waals surface area (Å²) in [6.45, 7) is 7.45. The molecule has 0 spiro atoms. The van der Waals surface area contributed by atoms with Crippen LogP contribution in [0.1, 0.15) is 33.3 Å². The predicted octanol–water partition coefficient (Wildman–Crippen LogP) is 2.19. The first-order valence-electron chi connectivity index (χ1n) is 7.36. The third kappa shape index (κ3) is 6.46. The van der Waals surface area contributed by atoms with Gasteiger partial charge in [0.05, 0.1) is 12.3 Å². The van der Waals surface area contributed by atoms with E-state index in [1.54, 1.807) is 39.0 Å². The Labute approximate surface area is 135 Å². The van der Waals surface area contributed by atoms with Crippen LogP contribution in [0.15, 0.2) is 18.2 Å². The van der Waals surface area contributed by atoms with Crippen LogP contribution in [0.3, 0.4) is 0 Å². The fourth-order valence-electron chi connectivity index (χ4n) is 1.90. The highest BCUT2D eigenvalue weighted by molar-refractivity contribution is 5.80. The van der Waals surface area contributed by atoms with Crippen LogP contribution in [0, 0.1) is 0 Å². The van der Waals surface area contributed by atoms with E-state index in [2.05, 4.69) is 5.32 Å². The maximum Gasteiger partial charge on any atom is 0.408 e. The molecule has 0 aromatic heterocycles. The zero-order valence-electron chi connectivity index (χ0n) is 13.9. The maximum absolute atomic E-state index is 11.7. The second-order valence-corrected chi connectivity index (χ2v) is 6.05. The van der Waals surface area contributed by atoms with Crippen molar-refractivity contribution in [2.24, 2.45) is 0 Å². The molecule has 23 heavy (non-hydrogen) atoms. The SMILES string of the molecule is CCOc1ccc(C[C@H](NC(=O)OC(C)(C)C)C(=O)O)cc1N. The summed E-state index contributed by atoms with van der Waals surface area (Å²) in [6.07, 6.45) is -0.686. The molecule has 1 aromatic carbocycles. The Morgan fingerprint density at radius 3 is 2.48 bits per heavy atom. The molecule has 0 aliphatic heterocycles. The van der Waals surface area contributed by atoms with E-state index in [0.29, 0.717) is 23.6 Å². The molecular formula is C16H24N2O5. The topological polar surface area (TPSA) is 111 Å². The first-order chi connectivity index (χ1) is 10.6. The van der Waals surface area contributed by atoms with Crippen LogP contribution in [-0.4, -0.2) is 35.4 Å². The van der Waals surface area contributed by atoms with Crippen molar-refractivity contribution in [3.63, 3.8) is 0 Å². The van der Waals surface area contributed by atoms with Crippen molar-refractivity contribution >= 4 is 17.7 Å². The summed E-state index contributed by atoms with van der Waals surface area (Å²) in [7, 11) is 0. The Morgan fingerprint density at radius 2 is 2.00 bits per heavy atom. The molecule has 7 nitrogen and oxygen atoms in total. The molecule has 0 saturated carbocycles. The fraction of sp³-hybridized carbons (Fsp3) is 0.500. The minimum Gasteiger partial charge on any atom is -0.492 e. The molecule has 128 valence electrons. The fourth-order valence-corrected chi connectivity index (χ4v) is 1.90. The lowest BCUT2D eigenvalue weighted by molar-refractivity contribution is -0.139. The van der Waals surface area contributed by atoms with Crippen LogP contribution >= 0.6 is 0 Å². The van der Waals surface area contributed by atoms with Gasteiger partial charge in [-0.05, 0) is 45.4 Å². The van der Waals surface area contributed by atoms with E-state index in [0.717, 1.165) is 0 Å². The first kappa shape index (κ1) is 18.6.